The van der Waals surface area contributed by atoms with Crippen LogP contribution >= 0.6 is 0 Å². The number of halogens is 1. The molecule has 0 spiro atoms. The van der Waals surface area contributed by atoms with Crippen molar-refractivity contribution in [3.8, 4) is 5.75 Å². The van der Waals surface area contributed by atoms with Gasteiger partial charge in [0.1, 0.15) is 6.61 Å². The molecule has 0 aliphatic carbocycles. The van der Waals surface area contributed by atoms with Crippen LogP contribution in [0.3, 0.4) is 0 Å². The fraction of sp³-hybridized carbons (Fsp3) is 0.133. The normalized spacial score (nSPS) is 10.0. The molecular formula is C15H13FO3. The molecule has 0 saturated carbocycles. The predicted molar refractivity (Wildman–Crippen MR) is 68.5 cm³/mol. The Morgan fingerprint density at radius 3 is 2.58 bits per heavy atom. The average Bonchev–Trinajstić information content (AvgIpc) is 2.46. The van der Waals surface area contributed by atoms with Crippen molar-refractivity contribution < 1.29 is 18.7 Å². The van der Waals surface area contributed by atoms with Crippen molar-refractivity contribution in [2.75, 3.05) is 7.11 Å². The van der Waals surface area contributed by atoms with Gasteiger partial charge in [0.15, 0.2) is 11.6 Å². The Morgan fingerprint density at radius 1 is 1.16 bits per heavy atom. The summed E-state index contributed by atoms with van der Waals surface area (Å²) in [5.74, 6) is -1.00. The largest absolute Gasteiger partial charge is 0.486 e. The van der Waals surface area contributed by atoms with Gasteiger partial charge in [0, 0.05) is 0 Å². The van der Waals surface area contributed by atoms with Crippen molar-refractivity contribution in [2.24, 2.45) is 0 Å². The number of methoxy groups -OCH3 is 1. The predicted octanol–water partition coefficient (Wildman–Crippen LogP) is 3.19. The van der Waals surface area contributed by atoms with Crippen LogP contribution in [0.4, 0.5) is 4.39 Å². The van der Waals surface area contributed by atoms with Gasteiger partial charge in [0.25, 0.3) is 0 Å². The third kappa shape index (κ3) is 3.31. The highest BCUT2D eigenvalue weighted by molar-refractivity contribution is 5.89. The Bertz CT molecular complexity index is 567. The van der Waals surface area contributed by atoms with Gasteiger partial charge in [0.2, 0.25) is 0 Å². The van der Waals surface area contributed by atoms with E-state index in [1.165, 1.54) is 25.3 Å². The molecular weight excluding hydrogens is 247 g/mol. The van der Waals surface area contributed by atoms with Crippen LogP contribution in [0.5, 0.6) is 5.75 Å². The van der Waals surface area contributed by atoms with Crippen LogP contribution in [0, 0.1) is 5.82 Å². The standard InChI is InChI=1S/C15H13FO3/c1-18-15(17)12-7-8-13(16)14(9-12)19-10-11-5-3-2-4-6-11/h2-9H,10H2,1H3. The highest BCUT2D eigenvalue weighted by atomic mass is 19.1. The van der Waals surface area contributed by atoms with Crippen LogP contribution in [-0.2, 0) is 11.3 Å². The summed E-state index contributed by atoms with van der Waals surface area (Å²) < 4.78 is 23.5. The smallest absolute Gasteiger partial charge is 0.337 e. The molecule has 2 rings (SSSR count). The zero-order chi connectivity index (χ0) is 13.7. The van der Waals surface area contributed by atoms with Gasteiger partial charge in [0.05, 0.1) is 12.7 Å². The van der Waals surface area contributed by atoms with Crippen molar-refractivity contribution in [2.45, 2.75) is 6.61 Å². The molecule has 2 aromatic rings. The van der Waals surface area contributed by atoms with Gasteiger partial charge in [-0.15, -0.1) is 0 Å². The number of rotatable bonds is 4. The van der Waals surface area contributed by atoms with Crippen LogP contribution in [0.2, 0.25) is 0 Å². The van der Waals surface area contributed by atoms with Gasteiger partial charge in [-0.25, -0.2) is 9.18 Å². The van der Waals surface area contributed by atoms with Gasteiger partial charge in [-0.3, -0.25) is 0 Å². The monoisotopic (exact) mass is 260 g/mol. The summed E-state index contributed by atoms with van der Waals surface area (Å²) in [6, 6.07) is 13.3. The summed E-state index contributed by atoms with van der Waals surface area (Å²) in [5, 5.41) is 0. The van der Waals surface area contributed by atoms with Gasteiger partial charge < -0.3 is 9.47 Å². The second kappa shape index (κ2) is 6.00. The summed E-state index contributed by atoms with van der Waals surface area (Å²) in [6.45, 7) is 0.238. The minimum atomic E-state index is -0.524. The highest BCUT2D eigenvalue weighted by Crippen LogP contribution is 2.20. The number of ether oxygens (including phenoxy) is 2. The van der Waals surface area contributed by atoms with Crippen molar-refractivity contribution in [3.05, 3.63) is 65.5 Å². The first-order chi connectivity index (χ1) is 9.20. The maximum Gasteiger partial charge on any atom is 0.337 e. The summed E-state index contributed by atoms with van der Waals surface area (Å²) in [6.07, 6.45) is 0. The van der Waals surface area contributed by atoms with E-state index in [1.807, 2.05) is 30.3 Å². The Morgan fingerprint density at radius 2 is 1.89 bits per heavy atom. The average molecular weight is 260 g/mol. The number of carbonyl (C=O) groups is 1. The lowest BCUT2D eigenvalue weighted by atomic mass is 10.2. The van der Waals surface area contributed by atoms with Crippen LogP contribution in [-0.4, -0.2) is 13.1 Å². The quantitative estimate of drug-likeness (QED) is 0.792. The topological polar surface area (TPSA) is 35.5 Å². The minimum Gasteiger partial charge on any atom is -0.486 e. The van der Waals surface area contributed by atoms with Gasteiger partial charge >= 0.3 is 5.97 Å². The van der Waals surface area contributed by atoms with E-state index < -0.39 is 11.8 Å². The van der Waals surface area contributed by atoms with Gasteiger partial charge in [-0.05, 0) is 23.8 Å². The third-order valence-corrected chi connectivity index (χ3v) is 2.59. The van der Waals surface area contributed by atoms with Crippen LogP contribution in [0.25, 0.3) is 0 Å². The van der Waals surface area contributed by atoms with Crippen molar-refractivity contribution in [3.63, 3.8) is 0 Å². The molecule has 0 aromatic heterocycles. The number of benzene rings is 2. The van der Waals surface area contributed by atoms with E-state index in [-0.39, 0.29) is 17.9 Å². The van der Waals surface area contributed by atoms with Crippen LogP contribution in [0.1, 0.15) is 15.9 Å². The van der Waals surface area contributed by atoms with E-state index in [0.717, 1.165) is 5.56 Å². The van der Waals surface area contributed by atoms with E-state index in [2.05, 4.69) is 4.74 Å². The minimum absolute atomic E-state index is 0.0340. The lowest BCUT2D eigenvalue weighted by Crippen LogP contribution is -2.03. The first-order valence-corrected chi connectivity index (χ1v) is 5.75. The Labute approximate surface area is 110 Å². The van der Waals surface area contributed by atoms with Crippen molar-refractivity contribution >= 4 is 5.97 Å². The first-order valence-electron chi connectivity index (χ1n) is 5.75. The zero-order valence-electron chi connectivity index (χ0n) is 10.4. The summed E-state index contributed by atoms with van der Waals surface area (Å²) in [5.41, 5.74) is 1.18. The molecule has 0 unspecified atom stereocenters. The summed E-state index contributed by atoms with van der Waals surface area (Å²) >= 11 is 0. The number of hydrogen-bond donors (Lipinski definition) is 0. The fourth-order valence-corrected chi connectivity index (χ4v) is 1.59. The Kier molecular flexibility index (Phi) is 4.13. The molecule has 2 aromatic carbocycles. The first kappa shape index (κ1) is 13.1. The molecule has 19 heavy (non-hydrogen) atoms. The molecule has 0 aliphatic heterocycles. The maximum atomic E-state index is 13.6. The van der Waals surface area contributed by atoms with E-state index in [1.54, 1.807) is 0 Å². The lowest BCUT2D eigenvalue weighted by molar-refractivity contribution is 0.0600. The van der Waals surface area contributed by atoms with E-state index in [9.17, 15) is 9.18 Å². The number of hydrogen-bond acceptors (Lipinski definition) is 3. The van der Waals surface area contributed by atoms with Gasteiger partial charge in [-0.1, -0.05) is 30.3 Å². The fourth-order valence-electron chi connectivity index (χ4n) is 1.59. The molecule has 0 bridgehead atoms. The van der Waals surface area contributed by atoms with Gasteiger partial charge in [-0.2, -0.15) is 0 Å². The van der Waals surface area contributed by atoms with Crippen LogP contribution < -0.4 is 4.74 Å². The van der Waals surface area contributed by atoms with Crippen molar-refractivity contribution in [1.29, 1.82) is 0 Å². The highest BCUT2D eigenvalue weighted by Gasteiger charge is 2.10. The maximum absolute atomic E-state index is 13.6. The molecule has 98 valence electrons. The second-order valence-electron chi connectivity index (χ2n) is 3.91. The SMILES string of the molecule is COC(=O)c1ccc(F)c(OCc2ccccc2)c1. The molecule has 0 atom stereocenters. The Balaban J connectivity index is 2.13. The molecule has 0 amide bonds. The molecule has 0 N–H and O–H groups in total. The number of carbonyl (C=O) groups excluding carboxylic acids is 1. The molecule has 0 saturated heterocycles. The lowest BCUT2D eigenvalue weighted by Gasteiger charge is -2.08. The molecule has 0 heterocycles. The van der Waals surface area contributed by atoms with E-state index >= 15 is 0 Å². The summed E-state index contributed by atoms with van der Waals surface area (Å²) in [7, 11) is 1.27. The molecule has 3 nitrogen and oxygen atoms in total. The molecule has 0 aliphatic rings. The van der Waals surface area contributed by atoms with Crippen LogP contribution in [0.15, 0.2) is 48.5 Å². The van der Waals surface area contributed by atoms with E-state index in [0.29, 0.717) is 0 Å². The molecule has 0 fully saturated rings. The third-order valence-electron chi connectivity index (χ3n) is 2.59. The molecule has 4 heteroatoms. The van der Waals surface area contributed by atoms with E-state index in [4.69, 9.17) is 4.74 Å². The zero-order valence-corrected chi connectivity index (χ0v) is 10.4. The molecule has 0 radical (unpaired) electrons. The van der Waals surface area contributed by atoms with Crippen molar-refractivity contribution in [1.82, 2.24) is 0 Å². The second-order valence-corrected chi connectivity index (χ2v) is 3.91. The Hall–Kier alpha value is -2.36. The summed E-state index contributed by atoms with van der Waals surface area (Å²) in [4.78, 5) is 11.4. The number of esters is 1.